The van der Waals surface area contributed by atoms with Crippen molar-refractivity contribution in [2.75, 3.05) is 13.1 Å². The lowest BCUT2D eigenvalue weighted by molar-refractivity contribution is 0.0714. The zero-order valence-electron chi connectivity index (χ0n) is 16.2. The molecule has 2 aromatic heterocycles. The first-order chi connectivity index (χ1) is 13.0. The van der Waals surface area contributed by atoms with Crippen LogP contribution in [0.25, 0.3) is 10.9 Å². The van der Waals surface area contributed by atoms with Crippen molar-refractivity contribution in [3.63, 3.8) is 0 Å². The van der Waals surface area contributed by atoms with Gasteiger partial charge >= 0.3 is 0 Å². The number of H-pyrrole nitrogens is 1. The van der Waals surface area contributed by atoms with Gasteiger partial charge in [0.15, 0.2) is 0 Å². The van der Waals surface area contributed by atoms with Crippen LogP contribution in [-0.4, -0.2) is 39.1 Å². The second-order valence-electron chi connectivity index (χ2n) is 7.81. The average Bonchev–Trinajstić information content (AvgIpc) is 3.13. The lowest BCUT2D eigenvalue weighted by Gasteiger charge is -2.31. The number of likely N-dealkylation sites (tertiary alicyclic amines) is 1. The molecule has 140 valence electrons. The van der Waals surface area contributed by atoms with Crippen molar-refractivity contribution in [2.24, 2.45) is 0 Å². The van der Waals surface area contributed by atoms with Gasteiger partial charge in [0.2, 0.25) is 0 Å². The summed E-state index contributed by atoms with van der Waals surface area (Å²) >= 11 is 0. The van der Waals surface area contributed by atoms with Gasteiger partial charge in [-0.2, -0.15) is 5.10 Å². The summed E-state index contributed by atoms with van der Waals surface area (Å²) < 4.78 is 0. The van der Waals surface area contributed by atoms with Gasteiger partial charge in [0.25, 0.3) is 5.91 Å². The van der Waals surface area contributed by atoms with Gasteiger partial charge in [-0.05, 0) is 43.9 Å². The fourth-order valence-electron chi connectivity index (χ4n) is 3.87. The van der Waals surface area contributed by atoms with Crippen molar-refractivity contribution in [3.8, 4) is 0 Å². The topological polar surface area (TPSA) is 61.9 Å². The Hall–Kier alpha value is -2.69. The van der Waals surface area contributed by atoms with Gasteiger partial charge in [-0.3, -0.25) is 14.9 Å². The molecule has 27 heavy (non-hydrogen) atoms. The summed E-state index contributed by atoms with van der Waals surface area (Å²) in [5.74, 6) is 0.835. The minimum atomic E-state index is 0.118. The van der Waals surface area contributed by atoms with Crippen molar-refractivity contribution in [2.45, 2.75) is 45.4 Å². The normalized spacial score (nSPS) is 15.6. The average molecular weight is 362 g/mol. The van der Waals surface area contributed by atoms with E-state index >= 15 is 0 Å². The SMILES string of the molecule is Cc1cc(C2CCN(C(=O)c3cc(C(C)C)nc4ccccc34)CC2)n[nH]1. The van der Waals surface area contributed by atoms with Gasteiger partial charge in [0.1, 0.15) is 0 Å². The molecule has 0 unspecified atom stereocenters. The number of benzene rings is 1. The molecule has 0 bridgehead atoms. The van der Waals surface area contributed by atoms with E-state index < -0.39 is 0 Å². The lowest BCUT2D eigenvalue weighted by Crippen LogP contribution is -2.38. The second-order valence-corrected chi connectivity index (χ2v) is 7.81. The smallest absolute Gasteiger partial charge is 0.254 e. The number of aromatic nitrogens is 3. The number of rotatable bonds is 3. The second kappa shape index (κ2) is 7.14. The number of aryl methyl sites for hydroxylation is 1. The number of hydrogen-bond donors (Lipinski definition) is 1. The number of nitrogens with zero attached hydrogens (tertiary/aromatic N) is 3. The van der Waals surface area contributed by atoms with E-state index in [9.17, 15) is 4.79 Å². The maximum Gasteiger partial charge on any atom is 0.254 e. The molecule has 0 saturated carbocycles. The zero-order valence-corrected chi connectivity index (χ0v) is 16.2. The molecule has 0 radical (unpaired) electrons. The number of amides is 1. The van der Waals surface area contributed by atoms with Crippen LogP contribution in [0.2, 0.25) is 0 Å². The molecule has 4 rings (SSSR count). The quantitative estimate of drug-likeness (QED) is 0.751. The van der Waals surface area contributed by atoms with Crippen LogP contribution in [0.1, 0.15) is 66.0 Å². The Morgan fingerprint density at radius 1 is 1.19 bits per heavy atom. The van der Waals surface area contributed by atoms with E-state index in [-0.39, 0.29) is 11.8 Å². The number of pyridine rings is 1. The van der Waals surface area contributed by atoms with Crippen molar-refractivity contribution >= 4 is 16.8 Å². The number of carbonyl (C=O) groups excluding carboxylic acids is 1. The molecule has 0 spiro atoms. The molecule has 1 aliphatic heterocycles. The van der Waals surface area contributed by atoms with Crippen LogP contribution in [0.4, 0.5) is 0 Å². The molecule has 5 nitrogen and oxygen atoms in total. The van der Waals surface area contributed by atoms with E-state index in [1.807, 2.05) is 42.2 Å². The van der Waals surface area contributed by atoms with Crippen LogP contribution in [0.5, 0.6) is 0 Å². The number of fused-ring (bicyclic) bond motifs is 1. The Bertz CT molecular complexity index is 967. The summed E-state index contributed by atoms with van der Waals surface area (Å²) in [6.07, 6.45) is 1.91. The highest BCUT2D eigenvalue weighted by atomic mass is 16.2. The molecule has 1 amide bonds. The molecular formula is C22H26N4O. The molecule has 3 heterocycles. The largest absolute Gasteiger partial charge is 0.339 e. The van der Waals surface area contributed by atoms with Crippen LogP contribution >= 0.6 is 0 Å². The van der Waals surface area contributed by atoms with Crippen molar-refractivity contribution in [1.29, 1.82) is 0 Å². The number of carbonyl (C=O) groups is 1. The van der Waals surface area contributed by atoms with Crippen molar-refractivity contribution < 1.29 is 4.79 Å². The summed E-state index contributed by atoms with van der Waals surface area (Å²) in [6.45, 7) is 7.79. The minimum Gasteiger partial charge on any atom is -0.339 e. The fraction of sp³-hybridized carbons (Fsp3) is 0.409. The Kier molecular flexibility index (Phi) is 4.68. The zero-order chi connectivity index (χ0) is 19.0. The first-order valence-electron chi connectivity index (χ1n) is 9.74. The number of para-hydroxylation sites is 1. The monoisotopic (exact) mass is 362 g/mol. The van der Waals surface area contributed by atoms with Crippen LogP contribution in [0.3, 0.4) is 0 Å². The predicted molar refractivity (Wildman–Crippen MR) is 107 cm³/mol. The minimum absolute atomic E-state index is 0.118. The molecule has 0 atom stereocenters. The van der Waals surface area contributed by atoms with Crippen LogP contribution in [0.15, 0.2) is 36.4 Å². The van der Waals surface area contributed by atoms with Gasteiger partial charge in [0.05, 0.1) is 16.8 Å². The number of hydrogen-bond acceptors (Lipinski definition) is 3. The van der Waals surface area contributed by atoms with Crippen molar-refractivity contribution in [3.05, 3.63) is 59.0 Å². The molecular weight excluding hydrogens is 336 g/mol. The van der Waals surface area contributed by atoms with Gasteiger partial charge in [-0.1, -0.05) is 32.0 Å². The highest BCUT2D eigenvalue weighted by Crippen LogP contribution is 2.29. The molecule has 3 aromatic rings. The third kappa shape index (κ3) is 3.46. The van der Waals surface area contributed by atoms with Gasteiger partial charge in [-0.25, -0.2) is 0 Å². The number of aromatic amines is 1. The fourth-order valence-corrected chi connectivity index (χ4v) is 3.87. The van der Waals surface area contributed by atoms with E-state index in [1.165, 1.54) is 0 Å². The highest BCUT2D eigenvalue weighted by molar-refractivity contribution is 6.06. The molecule has 1 saturated heterocycles. The van der Waals surface area contributed by atoms with E-state index in [2.05, 4.69) is 30.1 Å². The summed E-state index contributed by atoms with van der Waals surface area (Å²) in [4.78, 5) is 20.0. The van der Waals surface area contributed by atoms with E-state index in [4.69, 9.17) is 4.98 Å². The maximum atomic E-state index is 13.3. The number of nitrogens with one attached hydrogen (secondary N) is 1. The molecule has 1 aromatic carbocycles. The summed E-state index contributed by atoms with van der Waals surface area (Å²) in [6, 6.07) is 12.0. The third-order valence-electron chi connectivity index (χ3n) is 5.48. The first-order valence-corrected chi connectivity index (χ1v) is 9.74. The Morgan fingerprint density at radius 3 is 2.59 bits per heavy atom. The van der Waals surface area contributed by atoms with E-state index in [0.29, 0.717) is 5.92 Å². The van der Waals surface area contributed by atoms with Crippen LogP contribution < -0.4 is 0 Å². The van der Waals surface area contributed by atoms with Gasteiger partial charge < -0.3 is 4.90 Å². The summed E-state index contributed by atoms with van der Waals surface area (Å²) in [5.41, 5.74) is 4.86. The lowest BCUT2D eigenvalue weighted by atomic mass is 9.92. The first kappa shape index (κ1) is 17.7. The molecule has 1 fully saturated rings. The maximum absolute atomic E-state index is 13.3. The van der Waals surface area contributed by atoms with E-state index in [0.717, 1.165) is 59.5 Å². The van der Waals surface area contributed by atoms with Crippen molar-refractivity contribution in [1.82, 2.24) is 20.1 Å². The molecule has 1 aliphatic rings. The standard InChI is InChI=1S/C22H26N4O/c1-14(2)20-13-18(17-6-4-5-7-19(17)23-20)22(27)26-10-8-16(9-11-26)21-12-15(3)24-25-21/h4-7,12-14,16H,8-11H2,1-3H3,(H,24,25). The Labute approximate surface area is 159 Å². The van der Waals surface area contributed by atoms with Gasteiger partial charge in [-0.15, -0.1) is 0 Å². The summed E-state index contributed by atoms with van der Waals surface area (Å²) in [7, 11) is 0. The predicted octanol–water partition coefficient (Wildman–Crippen LogP) is 4.41. The van der Waals surface area contributed by atoms with Crippen LogP contribution in [-0.2, 0) is 0 Å². The molecule has 1 N–H and O–H groups in total. The summed E-state index contributed by atoms with van der Waals surface area (Å²) in [5, 5.41) is 8.37. The molecule has 5 heteroatoms. The third-order valence-corrected chi connectivity index (χ3v) is 5.48. The van der Waals surface area contributed by atoms with Crippen LogP contribution in [0, 0.1) is 6.92 Å². The highest BCUT2D eigenvalue weighted by Gasteiger charge is 2.27. The Balaban J connectivity index is 1.58. The Morgan fingerprint density at radius 2 is 1.93 bits per heavy atom. The van der Waals surface area contributed by atoms with E-state index in [1.54, 1.807) is 0 Å². The van der Waals surface area contributed by atoms with Gasteiger partial charge in [0, 0.05) is 35.8 Å². The number of piperidine rings is 1. The molecule has 0 aliphatic carbocycles.